The lowest BCUT2D eigenvalue weighted by atomic mass is 9.96. The molecule has 2 N–H and O–H groups in total. The van der Waals surface area contributed by atoms with Crippen LogP contribution in [0, 0.1) is 5.92 Å². The number of hydrogen-bond acceptors (Lipinski definition) is 5. The van der Waals surface area contributed by atoms with Crippen molar-refractivity contribution in [2.24, 2.45) is 5.92 Å². The number of ether oxygens (including phenoxy) is 1. The lowest BCUT2D eigenvalue weighted by molar-refractivity contribution is 0.393. The van der Waals surface area contributed by atoms with Gasteiger partial charge in [-0.15, -0.1) is 0 Å². The zero-order chi connectivity index (χ0) is 11.5. The number of nitrogens with zero attached hydrogens (tertiary/aromatic N) is 2. The molecule has 0 radical (unpaired) electrons. The number of nitrogen functional groups attached to an aromatic ring is 1. The van der Waals surface area contributed by atoms with E-state index in [0.29, 0.717) is 5.82 Å². The van der Waals surface area contributed by atoms with E-state index in [4.69, 9.17) is 10.5 Å². The van der Waals surface area contributed by atoms with Gasteiger partial charge in [0, 0.05) is 13.1 Å². The second-order valence-corrected chi connectivity index (χ2v) is 5.02. The van der Waals surface area contributed by atoms with E-state index in [9.17, 15) is 0 Å². The molecule has 1 atom stereocenters. The van der Waals surface area contributed by atoms with E-state index in [-0.39, 0.29) is 0 Å². The van der Waals surface area contributed by atoms with Gasteiger partial charge < -0.3 is 15.4 Å². The van der Waals surface area contributed by atoms with Crippen molar-refractivity contribution in [2.75, 3.05) is 30.8 Å². The van der Waals surface area contributed by atoms with Crippen LogP contribution in [-0.4, -0.2) is 24.6 Å². The van der Waals surface area contributed by atoms with Gasteiger partial charge >= 0.3 is 0 Å². The minimum absolute atomic E-state index is 0.515. The summed E-state index contributed by atoms with van der Waals surface area (Å²) in [4.78, 5) is 2.37. The molecular formula is C11H19N3OS. The summed E-state index contributed by atoms with van der Waals surface area (Å²) in [5.74, 6) is 2.06. The Morgan fingerprint density at radius 2 is 2.44 bits per heavy atom. The molecule has 2 rings (SSSR count). The van der Waals surface area contributed by atoms with E-state index >= 15 is 0 Å². The summed E-state index contributed by atoms with van der Waals surface area (Å²) in [6.45, 7) is 4.45. The van der Waals surface area contributed by atoms with Crippen molar-refractivity contribution in [3.63, 3.8) is 0 Å². The van der Waals surface area contributed by atoms with Crippen LogP contribution in [0.4, 0.5) is 10.8 Å². The summed E-state index contributed by atoms with van der Waals surface area (Å²) < 4.78 is 9.49. The van der Waals surface area contributed by atoms with Gasteiger partial charge in [-0.1, -0.05) is 13.3 Å². The first-order valence-corrected chi connectivity index (χ1v) is 6.57. The number of piperidine rings is 1. The van der Waals surface area contributed by atoms with E-state index in [1.807, 2.05) is 0 Å². The molecule has 1 aromatic heterocycles. The molecule has 0 amide bonds. The Balaban J connectivity index is 2.16. The first kappa shape index (κ1) is 11.5. The highest BCUT2D eigenvalue weighted by molar-refractivity contribution is 7.11. The van der Waals surface area contributed by atoms with Crippen molar-refractivity contribution in [1.82, 2.24) is 4.37 Å². The van der Waals surface area contributed by atoms with Crippen LogP contribution in [-0.2, 0) is 0 Å². The molecule has 2 heterocycles. The number of rotatable bonds is 3. The summed E-state index contributed by atoms with van der Waals surface area (Å²) in [7, 11) is 1.66. The minimum atomic E-state index is 0.515. The Morgan fingerprint density at radius 1 is 1.62 bits per heavy atom. The van der Waals surface area contributed by atoms with Crippen molar-refractivity contribution in [3.8, 4) is 5.75 Å². The van der Waals surface area contributed by atoms with Gasteiger partial charge in [0.15, 0.2) is 16.6 Å². The first-order valence-electron chi connectivity index (χ1n) is 5.80. The topological polar surface area (TPSA) is 51.4 Å². The van der Waals surface area contributed by atoms with Gasteiger partial charge in [-0.05, 0) is 30.3 Å². The summed E-state index contributed by atoms with van der Waals surface area (Å²) >= 11 is 1.45. The quantitative estimate of drug-likeness (QED) is 0.882. The van der Waals surface area contributed by atoms with Gasteiger partial charge in [0.05, 0.1) is 7.11 Å². The average Bonchev–Trinajstić information content (AvgIpc) is 2.70. The number of methoxy groups -OCH3 is 1. The molecule has 1 unspecified atom stereocenters. The molecule has 5 heteroatoms. The number of aromatic nitrogens is 1. The van der Waals surface area contributed by atoms with Crippen LogP contribution < -0.4 is 15.4 Å². The predicted molar refractivity (Wildman–Crippen MR) is 68.3 cm³/mol. The Kier molecular flexibility index (Phi) is 3.53. The molecule has 0 saturated carbocycles. The number of hydrogen-bond donors (Lipinski definition) is 1. The summed E-state index contributed by atoms with van der Waals surface area (Å²) in [5.41, 5.74) is 5.77. The van der Waals surface area contributed by atoms with Crippen LogP contribution in [0.1, 0.15) is 26.2 Å². The summed E-state index contributed by atoms with van der Waals surface area (Å²) in [5, 5.41) is 1.10. The van der Waals surface area contributed by atoms with Crippen LogP contribution in [0.25, 0.3) is 0 Å². The standard InChI is InChI=1S/C11H19N3OS/c1-3-8-5-4-6-14(7-8)11-9(15-2)10(12)13-16-11/h8H,3-7H2,1-2H3,(H2,12,13). The molecule has 0 aromatic carbocycles. The fourth-order valence-corrected chi connectivity index (χ4v) is 3.08. The third-order valence-electron chi connectivity index (χ3n) is 3.25. The van der Waals surface area contributed by atoms with Crippen molar-refractivity contribution in [1.29, 1.82) is 0 Å². The Bertz CT molecular complexity index is 353. The maximum Gasteiger partial charge on any atom is 0.197 e. The van der Waals surface area contributed by atoms with Crippen LogP contribution >= 0.6 is 11.5 Å². The van der Waals surface area contributed by atoms with E-state index in [1.54, 1.807) is 7.11 Å². The van der Waals surface area contributed by atoms with Crippen molar-refractivity contribution >= 4 is 22.4 Å². The maximum atomic E-state index is 5.77. The molecule has 1 fully saturated rings. The monoisotopic (exact) mass is 241 g/mol. The third-order valence-corrected chi connectivity index (χ3v) is 4.15. The van der Waals surface area contributed by atoms with Crippen LogP contribution in [0.5, 0.6) is 5.75 Å². The molecule has 1 aliphatic heterocycles. The van der Waals surface area contributed by atoms with Crippen molar-refractivity contribution in [2.45, 2.75) is 26.2 Å². The van der Waals surface area contributed by atoms with Crippen molar-refractivity contribution < 1.29 is 4.74 Å². The lowest BCUT2D eigenvalue weighted by Crippen LogP contribution is -2.34. The van der Waals surface area contributed by atoms with Crippen LogP contribution in [0.3, 0.4) is 0 Å². The molecule has 0 aliphatic carbocycles. The molecule has 1 aromatic rings. The summed E-state index contributed by atoms with van der Waals surface area (Å²) in [6, 6.07) is 0. The first-order chi connectivity index (χ1) is 7.76. The average molecular weight is 241 g/mol. The zero-order valence-corrected chi connectivity index (χ0v) is 10.7. The molecule has 90 valence electrons. The third kappa shape index (κ3) is 2.09. The van der Waals surface area contributed by atoms with Gasteiger partial charge in [-0.2, -0.15) is 4.37 Å². The number of nitrogens with two attached hydrogens (primary N) is 1. The molecule has 0 bridgehead atoms. The molecular weight excluding hydrogens is 222 g/mol. The summed E-state index contributed by atoms with van der Waals surface area (Å²) in [6.07, 6.45) is 3.83. The number of anilines is 2. The molecule has 1 saturated heterocycles. The predicted octanol–water partition coefficient (Wildman–Crippen LogP) is 2.36. The van der Waals surface area contributed by atoms with E-state index in [1.165, 1.54) is 30.8 Å². The highest BCUT2D eigenvalue weighted by atomic mass is 32.1. The molecule has 1 aliphatic rings. The fourth-order valence-electron chi connectivity index (χ4n) is 2.26. The molecule has 4 nitrogen and oxygen atoms in total. The largest absolute Gasteiger partial charge is 0.490 e. The Morgan fingerprint density at radius 3 is 3.12 bits per heavy atom. The van der Waals surface area contributed by atoms with Gasteiger partial charge in [-0.3, -0.25) is 0 Å². The highest BCUT2D eigenvalue weighted by Gasteiger charge is 2.24. The lowest BCUT2D eigenvalue weighted by Gasteiger charge is -2.32. The second kappa shape index (κ2) is 4.91. The SMILES string of the molecule is CCC1CCCN(c2snc(N)c2OC)C1. The van der Waals surface area contributed by atoms with Crippen molar-refractivity contribution in [3.05, 3.63) is 0 Å². The second-order valence-electron chi connectivity index (χ2n) is 4.27. The fraction of sp³-hybridized carbons (Fsp3) is 0.727. The minimum Gasteiger partial charge on any atom is -0.490 e. The molecule has 16 heavy (non-hydrogen) atoms. The maximum absolute atomic E-state index is 5.77. The van der Waals surface area contributed by atoms with Gasteiger partial charge in [0.25, 0.3) is 0 Å². The van der Waals surface area contributed by atoms with Gasteiger partial charge in [0.1, 0.15) is 0 Å². The molecule has 0 spiro atoms. The Labute approximate surface area is 101 Å². The Hall–Kier alpha value is -0.970. The van der Waals surface area contributed by atoms with Gasteiger partial charge in [-0.25, -0.2) is 0 Å². The normalized spacial score (nSPS) is 21.1. The smallest absolute Gasteiger partial charge is 0.197 e. The van der Waals surface area contributed by atoms with E-state index in [2.05, 4.69) is 16.2 Å². The van der Waals surface area contributed by atoms with Gasteiger partial charge in [0.2, 0.25) is 0 Å². The van der Waals surface area contributed by atoms with Crippen LogP contribution in [0.2, 0.25) is 0 Å². The zero-order valence-electron chi connectivity index (χ0n) is 9.90. The highest BCUT2D eigenvalue weighted by Crippen LogP contribution is 2.39. The van der Waals surface area contributed by atoms with E-state index < -0.39 is 0 Å². The van der Waals surface area contributed by atoms with E-state index in [0.717, 1.165) is 29.8 Å². The van der Waals surface area contributed by atoms with Crippen LogP contribution in [0.15, 0.2) is 0 Å².